The van der Waals surface area contributed by atoms with Crippen LogP contribution in [0.5, 0.6) is 5.75 Å². The summed E-state index contributed by atoms with van der Waals surface area (Å²) >= 11 is 0. The Morgan fingerprint density at radius 2 is 1.77 bits per heavy atom. The number of ether oxygens (including phenoxy) is 1. The number of aryl methyl sites for hydroxylation is 2. The Balaban J connectivity index is 0.000000357. The zero-order chi connectivity index (χ0) is 23.0. The Hall–Kier alpha value is -3.06. The third-order valence-electron chi connectivity index (χ3n) is 4.47. The van der Waals surface area contributed by atoms with Crippen molar-refractivity contribution in [2.45, 2.75) is 46.1 Å². The maximum Gasteiger partial charge on any atom is 0.314 e. The summed E-state index contributed by atoms with van der Waals surface area (Å²) in [4.78, 5) is 12.4. The molecule has 0 fully saturated rings. The largest absolute Gasteiger partial charge is 0.487 e. The maximum atomic E-state index is 13.3. The second kappa shape index (κ2) is 10.8. The van der Waals surface area contributed by atoms with Crippen molar-refractivity contribution < 1.29 is 18.6 Å². The monoisotopic (exact) mass is 430 g/mol. The van der Waals surface area contributed by atoms with Crippen LogP contribution in [-0.2, 0) is 6.42 Å². The molecule has 5 nitrogen and oxygen atoms in total. The summed E-state index contributed by atoms with van der Waals surface area (Å²) in [7, 11) is 0. The molecule has 0 aliphatic carbocycles. The molecule has 0 unspecified atom stereocenters. The van der Waals surface area contributed by atoms with Crippen molar-refractivity contribution in [1.29, 1.82) is 0 Å². The molecule has 0 aliphatic rings. The standard InChI is InChI=1S/C16H18F2N2O3.C8H10/c1-10-9-19-20(11-4-5-12(17)13(18)8-11)15(21)14(10)23-7-6-16(2,3)22;1-2-8-6-4-3-5-7-8/h4-5,8-9,22H,6-7H2,1-3H3;3-7H,2H2,1H3. The molecule has 1 aromatic heterocycles. The van der Waals surface area contributed by atoms with Crippen LogP contribution in [0.3, 0.4) is 0 Å². The van der Waals surface area contributed by atoms with E-state index in [0.29, 0.717) is 12.0 Å². The Morgan fingerprint density at radius 3 is 2.32 bits per heavy atom. The number of rotatable bonds is 6. The number of halogens is 2. The quantitative estimate of drug-likeness (QED) is 0.620. The van der Waals surface area contributed by atoms with Gasteiger partial charge in [-0.05, 0) is 44.9 Å². The van der Waals surface area contributed by atoms with Gasteiger partial charge in [-0.3, -0.25) is 4.79 Å². The number of hydrogen-bond acceptors (Lipinski definition) is 4. The Labute approximate surface area is 180 Å². The summed E-state index contributed by atoms with van der Waals surface area (Å²) in [5.41, 5.74) is 0.533. The fraction of sp³-hybridized carbons (Fsp3) is 0.333. The van der Waals surface area contributed by atoms with Gasteiger partial charge in [0.15, 0.2) is 17.4 Å². The first-order valence-electron chi connectivity index (χ1n) is 10.1. The minimum absolute atomic E-state index is 0.0639. The fourth-order valence-corrected chi connectivity index (χ4v) is 2.61. The molecule has 1 N–H and O–H groups in total. The summed E-state index contributed by atoms with van der Waals surface area (Å²) in [6, 6.07) is 13.5. The minimum atomic E-state index is -1.07. The molecular weight excluding hydrogens is 402 g/mol. The van der Waals surface area contributed by atoms with Crippen molar-refractivity contribution in [2.75, 3.05) is 6.61 Å². The molecule has 0 radical (unpaired) electrons. The first kappa shape index (κ1) is 24.2. The van der Waals surface area contributed by atoms with Crippen molar-refractivity contribution in [1.82, 2.24) is 9.78 Å². The first-order chi connectivity index (χ1) is 14.6. The second-order valence-corrected chi connectivity index (χ2v) is 7.72. The first-order valence-corrected chi connectivity index (χ1v) is 10.1. The average Bonchev–Trinajstić information content (AvgIpc) is 2.73. The molecule has 1 heterocycles. The molecule has 7 heteroatoms. The van der Waals surface area contributed by atoms with Crippen molar-refractivity contribution in [3.63, 3.8) is 0 Å². The molecule has 0 bridgehead atoms. The van der Waals surface area contributed by atoms with Crippen molar-refractivity contribution >= 4 is 0 Å². The van der Waals surface area contributed by atoms with Gasteiger partial charge in [-0.2, -0.15) is 9.78 Å². The van der Waals surface area contributed by atoms with Crippen LogP contribution in [0.2, 0.25) is 0 Å². The van der Waals surface area contributed by atoms with E-state index < -0.39 is 22.8 Å². The number of aliphatic hydroxyl groups is 1. The second-order valence-electron chi connectivity index (χ2n) is 7.72. The molecule has 0 saturated carbocycles. The maximum absolute atomic E-state index is 13.3. The molecular formula is C24H28F2N2O3. The summed E-state index contributed by atoms with van der Waals surface area (Å²) < 4.78 is 32.7. The lowest BCUT2D eigenvalue weighted by atomic mass is 10.1. The van der Waals surface area contributed by atoms with Gasteiger partial charge in [-0.1, -0.05) is 37.3 Å². The van der Waals surface area contributed by atoms with E-state index >= 15 is 0 Å². The lowest BCUT2D eigenvalue weighted by molar-refractivity contribution is 0.0549. The summed E-state index contributed by atoms with van der Waals surface area (Å²) in [6.07, 6.45) is 2.88. The van der Waals surface area contributed by atoms with Gasteiger partial charge < -0.3 is 9.84 Å². The van der Waals surface area contributed by atoms with Crippen LogP contribution in [-0.4, -0.2) is 27.1 Å². The van der Waals surface area contributed by atoms with E-state index in [1.165, 1.54) is 17.8 Å². The molecule has 166 valence electrons. The van der Waals surface area contributed by atoms with E-state index in [9.17, 15) is 18.7 Å². The van der Waals surface area contributed by atoms with E-state index in [0.717, 1.165) is 23.2 Å². The predicted molar refractivity (Wildman–Crippen MR) is 117 cm³/mol. The van der Waals surface area contributed by atoms with Gasteiger partial charge in [-0.15, -0.1) is 0 Å². The number of benzene rings is 2. The molecule has 0 aliphatic heterocycles. The molecule has 3 aromatic rings. The lowest BCUT2D eigenvalue weighted by Crippen LogP contribution is -2.26. The fourth-order valence-electron chi connectivity index (χ4n) is 2.61. The third-order valence-corrected chi connectivity index (χ3v) is 4.47. The normalized spacial score (nSPS) is 10.9. The van der Waals surface area contributed by atoms with Crippen LogP contribution in [0, 0.1) is 18.6 Å². The van der Waals surface area contributed by atoms with Crippen molar-refractivity contribution in [3.05, 3.63) is 87.8 Å². The molecule has 0 saturated heterocycles. The highest BCUT2D eigenvalue weighted by molar-refractivity contribution is 5.35. The molecule has 3 rings (SSSR count). The Morgan fingerprint density at radius 1 is 1.10 bits per heavy atom. The molecule has 2 aromatic carbocycles. The van der Waals surface area contributed by atoms with Crippen LogP contribution in [0.4, 0.5) is 8.78 Å². The van der Waals surface area contributed by atoms with Gasteiger partial charge in [0.25, 0.3) is 0 Å². The number of nitrogens with zero attached hydrogens (tertiary/aromatic N) is 2. The zero-order valence-corrected chi connectivity index (χ0v) is 18.2. The SMILES string of the molecule is CCc1ccccc1.Cc1cnn(-c2ccc(F)c(F)c2)c(=O)c1OCCC(C)(C)O. The Bertz CT molecular complexity index is 1040. The van der Waals surface area contributed by atoms with E-state index in [4.69, 9.17) is 4.74 Å². The number of aromatic nitrogens is 2. The summed E-state index contributed by atoms with van der Waals surface area (Å²) in [5, 5.41) is 13.6. The van der Waals surface area contributed by atoms with Crippen molar-refractivity contribution in [3.8, 4) is 11.4 Å². The highest BCUT2D eigenvalue weighted by atomic mass is 19.2. The zero-order valence-electron chi connectivity index (χ0n) is 18.2. The van der Waals surface area contributed by atoms with Crippen LogP contribution in [0.25, 0.3) is 5.69 Å². The highest BCUT2D eigenvalue weighted by Gasteiger charge is 2.16. The smallest absolute Gasteiger partial charge is 0.314 e. The van der Waals surface area contributed by atoms with Gasteiger partial charge in [0.2, 0.25) is 0 Å². The van der Waals surface area contributed by atoms with E-state index in [-0.39, 0.29) is 18.0 Å². The third kappa shape index (κ3) is 7.29. The van der Waals surface area contributed by atoms with E-state index in [1.54, 1.807) is 20.8 Å². The molecule has 0 amide bonds. The number of hydrogen-bond donors (Lipinski definition) is 1. The average molecular weight is 430 g/mol. The van der Waals surface area contributed by atoms with E-state index in [2.05, 4.69) is 36.3 Å². The van der Waals surface area contributed by atoms with Gasteiger partial charge in [-0.25, -0.2) is 8.78 Å². The summed E-state index contributed by atoms with van der Waals surface area (Å²) in [5.74, 6) is -2.01. The Kier molecular flexibility index (Phi) is 8.45. The molecule has 31 heavy (non-hydrogen) atoms. The van der Waals surface area contributed by atoms with Gasteiger partial charge in [0, 0.05) is 18.1 Å². The van der Waals surface area contributed by atoms with Gasteiger partial charge >= 0.3 is 5.56 Å². The molecule has 0 atom stereocenters. The van der Waals surface area contributed by atoms with Crippen LogP contribution in [0.1, 0.15) is 38.3 Å². The minimum Gasteiger partial charge on any atom is -0.487 e. The van der Waals surface area contributed by atoms with Crippen LogP contribution >= 0.6 is 0 Å². The highest BCUT2D eigenvalue weighted by Crippen LogP contribution is 2.16. The van der Waals surface area contributed by atoms with E-state index in [1.807, 2.05) is 6.07 Å². The molecule has 0 spiro atoms. The lowest BCUT2D eigenvalue weighted by Gasteiger charge is -2.17. The van der Waals surface area contributed by atoms with Gasteiger partial charge in [0.05, 0.1) is 24.1 Å². The summed E-state index contributed by atoms with van der Waals surface area (Å²) in [6.45, 7) is 7.23. The predicted octanol–water partition coefficient (Wildman–Crippen LogP) is 4.61. The topological polar surface area (TPSA) is 64.4 Å². The van der Waals surface area contributed by atoms with Crippen LogP contribution in [0.15, 0.2) is 59.5 Å². The van der Waals surface area contributed by atoms with Crippen molar-refractivity contribution in [2.24, 2.45) is 0 Å². The van der Waals surface area contributed by atoms with Crippen LogP contribution < -0.4 is 10.3 Å². The van der Waals surface area contributed by atoms with Gasteiger partial charge in [0.1, 0.15) is 0 Å².